The zero-order chi connectivity index (χ0) is 14.8. The Balaban J connectivity index is 1.81. The molecule has 0 amide bonds. The maximum atomic E-state index is 8.82. The fraction of sp³-hybridized carbons (Fsp3) is 0.0714. The Morgan fingerprint density at radius 2 is 2.05 bits per heavy atom. The van der Waals surface area contributed by atoms with E-state index in [9.17, 15) is 0 Å². The highest BCUT2D eigenvalue weighted by Crippen LogP contribution is 2.27. The summed E-state index contributed by atoms with van der Waals surface area (Å²) in [6.45, 7) is 0. The Hall–Kier alpha value is -1.87. The number of thiophene rings is 1. The molecule has 0 atom stereocenters. The molecule has 3 aromatic rings. The van der Waals surface area contributed by atoms with Crippen LogP contribution >= 0.6 is 34.5 Å². The van der Waals surface area contributed by atoms with Gasteiger partial charge in [0.2, 0.25) is 0 Å². The van der Waals surface area contributed by atoms with E-state index < -0.39 is 0 Å². The molecule has 0 bridgehead atoms. The Morgan fingerprint density at radius 3 is 2.76 bits per heavy atom. The van der Waals surface area contributed by atoms with Crippen LogP contribution < -0.4 is 0 Å². The van der Waals surface area contributed by atoms with Crippen LogP contribution in [0, 0.1) is 11.3 Å². The van der Waals surface area contributed by atoms with Crippen LogP contribution in [0.25, 0.3) is 10.8 Å². The predicted octanol–water partition coefficient (Wildman–Crippen LogP) is 4.57. The van der Waals surface area contributed by atoms with Crippen molar-refractivity contribution in [1.29, 1.82) is 5.26 Å². The molecule has 1 aromatic carbocycles. The smallest absolute Gasteiger partial charge is 0.268 e. The molecule has 0 unspecified atom stereocenters. The molecular weight excluding hydrogens is 329 g/mol. The Labute approximate surface area is 134 Å². The quantitative estimate of drug-likeness (QED) is 0.703. The zero-order valence-electron chi connectivity index (χ0n) is 10.5. The van der Waals surface area contributed by atoms with Crippen molar-refractivity contribution in [2.75, 3.05) is 0 Å². The van der Waals surface area contributed by atoms with Gasteiger partial charge in [0.1, 0.15) is 10.9 Å². The first-order chi connectivity index (χ1) is 10.2. The minimum atomic E-state index is 0.413. The summed E-state index contributed by atoms with van der Waals surface area (Å²) >= 11 is 13.2. The van der Waals surface area contributed by atoms with E-state index >= 15 is 0 Å². The van der Waals surface area contributed by atoms with Gasteiger partial charge in [0.25, 0.3) is 5.89 Å². The van der Waals surface area contributed by atoms with E-state index in [0.29, 0.717) is 33.1 Å². The van der Waals surface area contributed by atoms with Crippen molar-refractivity contribution < 1.29 is 4.52 Å². The van der Waals surface area contributed by atoms with E-state index in [2.05, 4.69) is 16.2 Å². The number of hydrogen-bond acceptors (Lipinski definition) is 5. The number of halogens is 2. The number of benzene rings is 1. The summed E-state index contributed by atoms with van der Waals surface area (Å²) in [7, 11) is 0. The van der Waals surface area contributed by atoms with Gasteiger partial charge in [-0.3, -0.25) is 0 Å². The second-order valence-electron chi connectivity index (χ2n) is 4.22. The molecule has 3 rings (SSSR count). The zero-order valence-corrected chi connectivity index (χ0v) is 12.8. The van der Waals surface area contributed by atoms with Crippen LogP contribution in [-0.2, 0) is 6.42 Å². The fourth-order valence-corrected chi connectivity index (χ4v) is 2.82. The molecule has 0 N–H and O–H groups in total. The van der Waals surface area contributed by atoms with Gasteiger partial charge in [-0.2, -0.15) is 10.2 Å². The summed E-state index contributed by atoms with van der Waals surface area (Å²) in [6.07, 6.45) is 0.497. The van der Waals surface area contributed by atoms with Crippen LogP contribution in [0.2, 0.25) is 10.0 Å². The largest absolute Gasteiger partial charge is 0.333 e. The maximum absolute atomic E-state index is 8.82. The third-order valence-corrected chi connectivity index (χ3v) is 4.46. The third-order valence-electron chi connectivity index (χ3n) is 2.74. The Kier molecular flexibility index (Phi) is 3.93. The van der Waals surface area contributed by atoms with E-state index in [0.717, 1.165) is 10.4 Å². The second kappa shape index (κ2) is 5.86. The minimum absolute atomic E-state index is 0.413. The molecule has 0 saturated carbocycles. The summed E-state index contributed by atoms with van der Waals surface area (Å²) in [6, 6.07) is 11.0. The maximum Gasteiger partial charge on any atom is 0.268 e. The van der Waals surface area contributed by atoms with Crippen molar-refractivity contribution >= 4 is 34.5 Å². The number of nitriles is 1. The summed E-state index contributed by atoms with van der Waals surface area (Å²) in [4.78, 5) is 5.71. The Bertz CT molecular complexity index is 835. The number of aromatic nitrogens is 2. The van der Waals surface area contributed by atoms with E-state index in [1.54, 1.807) is 24.3 Å². The third kappa shape index (κ3) is 3.08. The molecule has 4 nitrogen and oxygen atoms in total. The van der Waals surface area contributed by atoms with Crippen LogP contribution in [0.5, 0.6) is 0 Å². The van der Waals surface area contributed by atoms with Crippen LogP contribution in [0.4, 0.5) is 0 Å². The Morgan fingerprint density at radius 1 is 1.19 bits per heavy atom. The normalized spacial score (nSPS) is 10.5. The topological polar surface area (TPSA) is 62.7 Å². The molecule has 21 heavy (non-hydrogen) atoms. The lowest BCUT2D eigenvalue weighted by Gasteiger charge is -1.99. The molecule has 2 heterocycles. The number of rotatable bonds is 3. The highest BCUT2D eigenvalue weighted by molar-refractivity contribution is 7.15. The number of hydrogen-bond donors (Lipinski definition) is 0. The molecule has 0 fully saturated rings. The molecule has 0 aliphatic heterocycles. The van der Waals surface area contributed by atoms with Crippen molar-refractivity contribution in [3.05, 3.63) is 56.6 Å². The highest BCUT2D eigenvalue weighted by atomic mass is 35.5. The lowest BCUT2D eigenvalue weighted by atomic mass is 10.1. The predicted molar refractivity (Wildman–Crippen MR) is 81.6 cm³/mol. The SMILES string of the molecule is N#Cc1ccc(-c2nc(Cc3ccc(Cl)c(Cl)c3)no2)s1. The van der Waals surface area contributed by atoms with Crippen molar-refractivity contribution in [2.45, 2.75) is 6.42 Å². The first-order valence-electron chi connectivity index (χ1n) is 5.92. The van der Waals surface area contributed by atoms with E-state index in [4.69, 9.17) is 33.0 Å². The highest BCUT2D eigenvalue weighted by Gasteiger charge is 2.12. The van der Waals surface area contributed by atoms with Crippen LogP contribution in [0.3, 0.4) is 0 Å². The minimum Gasteiger partial charge on any atom is -0.333 e. The van der Waals surface area contributed by atoms with Gasteiger partial charge in [-0.1, -0.05) is 34.4 Å². The molecule has 0 aliphatic rings. The average molecular weight is 336 g/mol. The van der Waals surface area contributed by atoms with Crippen LogP contribution in [-0.4, -0.2) is 10.1 Å². The van der Waals surface area contributed by atoms with Crippen molar-refractivity contribution in [3.63, 3.8) is 0 Å². The van der Waals surface area contributed by atoms with Gasteiger partial charge < -0.3 is 4.52 Å². The number of nitrogens with zero attached hydrogens (tertiary/aromatic N) is 3. The van der Waals surface area contributed by atoms with Gasteiger partial charge in [-0.05, 0) is 29.8 Å². The second-order valence-corrected chi connectivity index (χ2v) is 6.11. The fourth-order valence-electron chi connectivity index (χ4n) is 1.77. The average Bonchev–Trinajstić information content (AvgIpc) is 3.11. The van der Waals surface area contributed by atoms with Gasteiger partial charge >= 0.3 is 0 Å². The van der Waals surface area contributed by atoms with Crippen molar-refractivity contribution in [2.24, 2.45) is 0 Å². The van der Waals surface area contributed by atoms with Gasteiger partial charge in [0.15, 0.2) is 5.82 Å². The summed E-state index contributed by atoms with van der Waals surface area (Å²) in [5.74, 6) is 0.965. The molecule has 104 valence electrons. The van der Waals surface area contributed by atoms with Gasteiger partial charge in [-0.25, -0.2) is 0 Å². The monoisotopic (exact) mass is 335 g/mol. The van der Waals surface area contributed by atoms with Gasteiger partial charge in [-0.15, -0.1) is 11.3 Å². The standard InChI is InChI=1S/C14H7Cl2N3OS/c15-10-3-1-8(5-11(10)16)6-13-18-14(20-19-13)12-4-2-9(7-17)21-12/h1-5H,6H2. The molecule has 2 aromatic heterocycles. The van der Waals surface area contributed by atoms with Crippen molar-refractivity contribution in [3.8, 4) is 16.8 Å². The molecule has 0 spiro atoms. The van der Waals surface area contributed by atoms with Crippen LogP contribution in [0.1, 0.15) is 16.3 Å². The van der Waals surface area contributed by atoms with E-state index in [1.165, 1.54) is 11.3 Å². The lowest BCUT2D eigenvalue weighted by molar-refractivity contribution is 0.425. The lowest BCUT2D eigenvalue weighted by Crippen LogP contribution is -1.90. The summed E-state index contributed by atoms with van der Waals surface area (Å²) in [5, 5.41) is 13.8. The molecular formula is C14H7Cl2N3OS. The van der Waals surface area contributed by atoms with E-state index in [-0.39, 0.29) is 0 Å². The van der Waals surface area contributed by atoms with Gasteiger partial charge in [0, 0.05) is 6.42 Å². The van der Waals surface area contributed by atoms with Crippen LogP contribution in [0.15, 0.2) is 34.9 Å². The summed E-state index contributed by atoms with van der Waals surface area (Å²) < 4.78 is 5.22. The molecule has 0 aliphatic carbocycles. The molecule has 0 saturated heterocycles. The van der Waals surface area contributed by atoms with Crippen molar-refractivity contribution in [1.82, 2.24) is 10.1 Å². The molecule has 0 radical (unpaired) electrons. The first kappa shape index (κ1) is 14.1. The van der Waals surface area contributed by atoms with Gasteiger partial charge in [0.05, 0.1) is 14.9 Å². The van der Waals surface area contributed by atoms with E-state index in [1.807, 2.05) is 6.07 Å². The molecule has 7 heteroatoms. The first-order valence-corrected chi connectivity index (χ1v) is 7.50. The summed E-state index contributed by atoms with van der Waals surface area (Å²) in [5.41, 5.74) is 0.945.